The van der Waals surface area contributed by atoms with Gasteiger partial charge < -0.3 is 10.1 Å². The molecule has 0 spiro atoms. The molecule has 0 saturated carbocycles. The predicted octanol–water partition coefficient (Wildman–Crippen LogP) is 2.31. The van der Waals surface area contributed by atoms with E-state index in [0.717, 1.165) is 0 Å². The molecule has 14 heavy (non-hydrogen) atoms. The largest absolute Gasteiger partial charge is 0.477 e. The number of nitrogens with one attached hydrogen (secondary N) is 1. The maximum Gasteiger partial charge on any atom is 0.352 e. The van der Waals surface area contributed by atoms with Gasteiger partial charge in [-0.25, -0.2) is 9.18 Å². The Balaban J connectivity index is 2.86. The number of rotatable bonds is 1. The normalized spacial score (nSPS) is 10.7. The number of aryl methyl sites for hydroxylation is 1. The summed E-state index contributed by atoms with van der Waals surface area (Å²) in [7, 11) is 0. The molecule has 1 aromatic carbocycles. The van der Waals surface area contributed by atoms with Crippen molar-refractivity contribution >= 4 is 16.9 Å². The van der Waals surface area contributed by atoms with Gasteiger partial charge in [-0.2, -0.15) is 0 Å². The number of aromatic carboxylic acids is 1. The van der Waals surface area contributed by atoms with Crippen molar-refractivity contribution < 1.29 is 14.3 Å². The molecule has 0 atom stereocenters. The molecule has 0 saturated heterocycles. The van der Waals surface area contributed by atoms with Crippen molar-refractivity contribution in [2.45, 2.75) is 6.92 Å². The summed E-state index contributed by atoms with van der Waals surface area (Å²) in [5, 5.41) is 9.42. The Bertz CT molecular complexity index is 516. The highest BCUT2D eigenvalue weighted by Gasteiger charge is 2.14. The van der Waals surface area contributed by atoms with E-state index in [2.05, 4.69) is 4.98 Å². The lowest BCUT2D eigenvalue weighted by molar-refractivity contribution is 0.0691. The van der Waals surface area contributed by atoms with Gasteiger partial charge in [0.25, 0.3) is 0 Å². The molecular formula is C10H8FNO2. The van der Waals surface area contributed by atoms with Gasteiger partial charge in [0.2, 0.25) is 0 Å². The molecule has 3 nitrogen and oxygen atoms in total. The van der Waals surface area contributed by atoms with Crippen LogP contribution in [0.25, 0.3) is 10.9 Å². The van der Waals surface area contributed by atoms with E-state index >= 15 is 0 Å². The fraction of sp³-hybridized carbons (Fsp3) is 0.100. The molecule has 0 radical (unpaired) electrons. The van der Waals surface area contributed by atoms with Crippen molar-refractivity contribution in [3.8, 4) is 0 Å². The first kappa shape index (κ1) is 8.74. The van der Waals surface area contributed by atoms with Gasteiger partial charge in [-0.15, -0.1) is 0 Å². The number of carboxylic acid groups (broad SMARTS) is 1. The van der Waals surface area contributed by atoms with E-state index in [1.807, 2.05) is 0 Å². The number of halogens is 1. The first-order chi connectivity index (χ1) is 6.61. The van der Waals surface area contributed by atoms with Gasteiger partial charge in [0.15, 0.2) is 0 Å². The van der Waals surface area contributed by atoms with Crippen LogP contribution >= 0.6 is 0 Å². The molecule has 2 rings (SSSR count). The third kappa shape index (κ3) is 1.08. The summed E-state index contributed by atoms with van der Waals surface area (Å²) in [5.74, 6) is -1.50. The Kier molecular flexibility index (Phi) is 1.77. The van der Waals surface area contributed by atoms with Crippen LogP contribution in [0.3, 0.4) is 0 Å². The van der Waals surface area contributed by atoms with Gasteiger partial charge in [-0.05, 0) is 18.6 Å². The number of carboxylic acids is 1. The van der Waals surface area contributed by atoms with Gasteiger partial charge in [-0.1, -0.05) is 12.1 Å². The minimum absolute atomic E-state index is 0.0464. The topological polar surface area (TPSA) is 53.1 Å². The molecule has 0 amide bonds. The lowest BCUT2D eigenvalue weighted by atomic mass is 10.1. The Hall–Kier alpha value is -1.84. The lowest BCUT2D eigenvalue weighted by Crippen LogP contribution is -1.98. The average Bonchev–Trinajstić information content (AvgIpc) is 2.46. The number of fused-ring (bicyclic) bond motifs is 1. The Morgan fingerprint density at radius 2 is 2.21 bits per heavy atom. The summed E-state index contributed by atoms with van der Waals surface area (Å²) in [6.07, 6.45) is 0. The van der Waals surface area contributed by atoms with Gasteiger partial charge >= 0.3 is 5.97 Å². The summed E-state index contributed by atoms with van der Waals surface area (Å²) in [5.41, 5.74) is 0.861. The molecule has 4 heteroatoms. The SMILES string of the molecule is Cc1c(C(=O)O)[nH]c2c(F)cccc12. The van der Waals surface area contributed by atoms with Gasteiger partial charge in [0.05, 0.1) is 5.52 Å². The molecular weight excluding hydrogens is 185 g/mol. The number of hydrogen-bond donors (Lipinski definition) is 2. The zero-order chi connectivity index (χ0) is 10.3. The van der Waals surface area contributed by atoms with Gasteiger partial charge in [0.1, 0.15) is 11.5 Å². The Morgan fingerprint density at radius 3 is 2.79 bits per heavy atom. The van der Waals surface area contributed by atoms with Crippen LogP contribution in [0.4, 0.5) is 4.39 Å². The molecule has 72 valence electrons. The Morgan fingerprint density at radius 1 is 1.50 bits per heavy atom. The van der Waals surface area contributed by atoms with Gasteiger partial charge in [-0.3, -0.25) is 0 Å². The smallest absolute Gasteiger partial charge is 0.352 e. The fourth-order valence-electron chi connectivity index (χ4n) is 1.53. The summed E-state index contributed by atoms with van der Waals surface area (Å²) in [6, 6.07) is 4.55. The third-order valence-electron chi connectivity index (χ3n) is 2.26. The maximum absolute atomic E-state index is 13.2. The van der Waals surface area contributed by atoms with Crippen LogP contribution in [0, 0.1) is 12.7 Å². The van der Waals surface area contributed by atoms with Crippen molar-refractivity contribution in [2.24, 2.45) is 0 Å². The number of aromatic amines is 1. The monoisotopic (exact) mass is 193 g/mol. The average molecular weight is 193 g/mol. The first-order valence-corrected chi connectivity index (χ1v) is 4.11. The summed E-state index contributed by atoms with van der Waals surface area (Å²) >= 11 is 0. The van der Waals surface area contributed by atoms with Crippen molar-refractivity contribution in [1.82, 2.24) is 4.98 Å². The number of para-hydroxylation sites is 1. The predicted molar refractivity (Wildman–Crippen MR) is 50.0 cm³/mol. The number of H-pyrrole nitrogens is 1. The van der Waals surface area contributed by atoms with Crippen molar-refractivity contribution in [1.29, 1.82) is 0 Å². The third-order valence-corrected chi connectivity index (χ3v) is 2.26. The molecule has 2 aromatic rings. The molecule has 0 aliphatic heterocycles. The van der Waals surface area contributed by atoms with Crippen LogP contribution in [0.15, 0.2) is 18.2 Å². The van der Waals surface area contributed by atoms with Crippen LogP contribution in [-0.4, -0.2) is 16.1 Å². The molecule has 0 aliphatic carbocycles. The van der Waals surface area contributed by atoms with E-state index in [1.54, 1.807) is 19.1 Å². The maximum atomic E-state index is 13.2. The highest BCUT2D eigenvalue weighted by atomic mass is 19.1. The lowest BCUT2D eigenvalue weighted by Gasteiger charge is -1.91. The van der Waals surface area contributed by atoms with E-state index < -0.39 is 11.8 Å². The van der Waals surface area contributed by atoms with Gasteiger partial charge in [0, 0.05) is 5.39 Å². The van der Waals surface area contributed by atoms with E-state index in [-0.39, 0.29) is 11.2 Å². The standard InChI is InChI=1S/C10H8FNO2/c1-5-6-3-2-4-7(11)9(6)12-8(5)10(13)14/h2-4,12H,1H3,(H,13,14). The number of hydrogen-bond acceptors (Lipinski definition) is 1. The number of carbonyl (C=O) groups is 1. The van der Waals surface area contributed by atoms with Crippen LogP contribution in [0.2, 0.25) is 0 Å². The highest BCUT2D eigenvalue weighted by molar-refractivity contribution is 5.97. The summed E-state index contributed by atoms with van der Waals surface area (Å²) < 4.78 is 13.2. The summed E-state index contributed by atoms with van der Waals surface area (Å²) in [6.45, 7) is 1.65. The Labute approximate surface area is 79.2 Å². The molecule has 0 unspecified atom stereocenters. The quantitative estimate of drug-likeness (QED) is 0.730. The minimum Gasteiger partial charge on any atom is -0.477 e. The molecule has 1 heterocycles. The molecule has 2 N–H and O–H groups in total. The van der Waals surface area contributed by atoms with Crippen molar-refractivity contribution in [3.63, 3.8) is 0 Å². The first-order valence-electron chi connectivity index (χ1n) is 4.11. The second kappa shape index (κ2) is 2.83. The van der Waals surface area contributed by atoms with Crippen LogP contribution in [-0.2, 0) is 0 Å². The van der Waals surface area contributed by atoms with Crippen LogP contribution in [0.5, 0.6) is 0 Å². The van der Waals surface area contributed by atoms with Crippen LogP contribution in [0.1, 0.15) is 16.1 Å². The summed E-state index contributed by atoms with van der Waals surface area (Å²) in [4.78, 5) is 13.3. The van der Waals surface area contributed by atoms with Crippen molar-refractivity contribution in [3.05, 3.63) is 35.3 Å². The van der Waals surface area contributed by atoms with Crippen LogP contribution < -0.4 is 0 Å². The molecule has 0 bridgehead atoms. The van der Waals surface area contributed by atoms with Crippen molar-refractivity contribution in [2.75, 3.05) is 0 Å². The second-order valence-corrected chi connectivity index (χ2v) is 3.09. The molecule has 0 fully saturated rings. The highest BCUT2D eigenvalue weighted by Crippen LogP contribution is 2.23. The zero-order valence-electron chi connectivity index (χ0n) is 7.47. The van der Waals surface area contributed by atoms with E-state index in [4.69, 9.17) is 5.11 Å². The molecule has 0 aliphatic rings. The minimum atomic E-state index is -1.07. The molecule has 1 aromatic heterocycles. The number of benzene rings is 1. The van der Waals surface area contributed by atoms with E-state index in [0.29, 0.717) is 10.9 Å². The van der Waals surface area contributed by atoms with E-state index in [1.165, 1.54) is 6.07 Å². The fourth-order valence-corrected chi connectivity index (χ4v) is 1.53. The second-order valence-electron chi connectivity index (χ2n) is 3.09. The zero-order valence-corrected chi connectivity index (χ0v) is 7.47. The van der Waals surface area contributed by atoms with E-state index in [9.17, 15) is 9.18 Å². The number of aromatic nitrogens is 1.